The molecule has 0 aliphatic rings. The lowest BCUT2D eigenvalue weighted by molar-refractivity contribution is -0.142. The fourth-order valence-corrected chi connectivity index (χ4v) is 6.28. The lowest BCUT2D eigenvalue weighted by Gasteiger charge is -2.26. The second-order valence-electron chi connectivity index (χ2n) is 12.8. The molecule has 0 fully saturated rings. The van der Waals surface area contributed by atoms with E-state index in [1.54, 1.807) is 50.4 Å². The molecule has 280 valence electrons. The van der Waals surface area contributed by atoms with Gasteiger partial charge in [-0.25, -0.2) is 4.79 Å². The molecule has 0 saturated heterocycles. The monoisotopic (exact) mass is 751 g/mol. The molecule has 0 saturated carbocycles. The van der Waals surface area contributed by atoms with Crippen LogP contribution >= 0.6 is 8.60 Å². The molecule has 0 heterocycles. The highest BCUT2D eigenvalue weighted by atomic mass is 31.2. The van der Waals surface area contributed by atoms with Gasteiger partial charge in [-0.3, -0.25) is 14.4 Å². The van der Waals surface area contributed by atoms with Crippen molar-refractivity contribution in [2.75, 3.05) is 7.11 Å². The SMILES string of the molecule is COc1ccc2cc([C@H](C)C(=O)N[C@H](Cc3ccccc3)C(=O)N[C@H](Cc3ccccc3)C(=O)NC(Cc3ccc(OP(O)O)cc3)C(=O)O)ccc2c1. The summed E-state index contributed by atoms with van der Waals surface area (Å²) in [5.41, 5.74) is 2.79. The Labute approximate surface area is 314 Å². The van der Waals surface area contributed by atoms with Crippen LogP contribution in [0, 0.1) is 0 Å². The van der Waals surface area contributed by atoms with Gasteiger partial charge in [-0.05, 0) is 64.2 Å². The van der Waals surface area contributed by atoms with Gasteiger partial charge >= 0.3 is 14.6 Å². The van der Waals surface area contributed by atoms with Crippen LogP contribution in [0.3, 0.4) is 0 Å². The molecule has 0 radical (unpaired) electrons. The average Bonchev–Trinajstić information content (AvgIpc) is 3.17. The molecule has 0 bridgehead atoms. The number of carbonyl (C=O) groups excluding carboxylic acids is 3. The third-order valence-electron chi connectivity index (χ3n) is 8.96. The van der Waals surface area contributed by atoms with Crippen molar-refractivity contribution in [1.29, 1.82) is 0 Å². The minimum Gasteiger partial charge on any atom is -0.497 e. The standard InChI is InChI=1S/C41H42N3O9P/c1-26(30-15-16-32-25-34(52-2)20-17-31(32)24-30)38(45)42-35(21-27-9-5-3-6-10-27)39(46)43-36(22-28-11-7-4-8-12-28)40(47)44-37(41(48)49)23-29-13-18-33(19-14-29)53-54(50)51/h3-20,24-26,35-37,50-51H,21-23H2,1-2H3,(H,42,45)(H,43,46)(H,44,47)(H,48,49)/t26-,35+,36+,37?/m0/s1. The molecule has 0 aromatic heterocycles. The third-order valence-corrected chi connectivity index (χ3v) is 9.33. The Morgan fingerprint density at radius 2 is 1.06 bits per heavy atom. The van der Waals surface area contributed by atoms with Gasteiger partial charge < -0.3 is 40.1 Å². The minimum absolute atomic E-state index is 0.0480. The quantitative estimate of drug-likeness (QED) is 0.0727. The first-order valence-electron chi connectivity index (χ1n) is 17.2. The molecule has 1 unspecified atom stereocenters. The Morgan fingerprint density at radius 3 is 1.59 bits per heavy atom. The Kier molecular flexibility index (Phi) is 13.7. The summed E-state index contributed by atoms with van der Waals surface area (Å²) in [6.07, 6.45) is 0.0773. The number of nitrogens with one attached hydrogen (secondary N) is 3. The Hall–Kier alpha value is -5.81. The number of hydrogen-bond acceptors (Lipinski definition) is 8. The zero-order chi connectivity index (χ0) is 38.6. The molecule has 4 atom stereocenters. The number of fused-ring (bicyclic) bond motifs is 1. The molecule has 54 heavy (non-hydrogen) atoms. The second kappa shape index (κ2) is 18.8. The van der Waals surface area contributed by atoms with E-state index >= 15 is 0 Å². The fourth-order valence-electron chi connectivity index (χ4n) is 5.97. The molecular weight excluding hydrogens is 709 g/mol. The number of carbonyl (C=O) groups is 4. The van der Waals surface area contributed by atoms with Gasteiger partial charge in [0.2, 0.25) is 17.7 Å². The summed E-state index contributed by atoms with van der Waals surface area (Å²) in [5.74, 6) is -2.75. The largest absolute Gasteiger partial charge is 0.497 e. The van der Waals surface area contributed by atoms with Crippen molar-refractivity contribution in [2.45, 2.75) is 50.2 Å². The number of benzene rings is 5. The van der Waals surface area contributed by atoms with Crippen LogP contribution in [0.1, 0.15) is 35.1 Å². The second-order valence-corrected chi connectivity index (χ2v) is 13.5. The summed E-state index contributed by atoms with van der Waals surface area (Å²) in [4.78, 5) is 72.3. The van der Waals surface area contributed by atoms with Crippen molar-refractivity contribution in [2.24, 2.45) is 0 Å². The van der Waals surface area contributed by atoms with Crippen LogP contribution in [0.25, 0.3) is 10.8 Å². The van der Waals surface area contributed by atoms with Gasteiger partial charge in [-0.1, -0.05) is 97.1 Å². The number of hydrogen-bond donors (Lipinski definition) is 6. The highest BCUT2D eigenvalue weighted by molar-refractivity contribution is 7.39. The van der Waals surface area contributed by atoms with Crippen molar-refractivity contribution in [3.63, 3.8) is 0 Å². The molecule has 3 amide bonds. The number of rotatable bonds is 17. The molecule has 5 aromatic carbocycles. The van der Waals surface area contributed by atoms with Crippen molar-refractivity contribution in [3.8, 4) is 11.5 Å². The minimum atomic E-state index is -2.62. The molecule has 0 aliphatic heterocycles. The fraction of sp³-hybridized carbons (Fsp3) is 0.220. The van der Waals surface area contributed by atoms with E-state index in [1.165, 1.54) is 12.1 Å². The van der Waals surface area contributed by atoms with E-state index in [9.17, 15) is 24.3 Å². The molecule has 5 rings (SSSR count). The lowest BCUT2D eigenvalue weighted by Crippen LogP contribution is -2.57. The van der Waals surface area contributed by atoms with E-state index in [-0.39, 0.29) is 30.9 Å². The van der Waals surface area contributed by atoms with Gasteiger partial charge in [-0.2, -0.15) is 0 Å². The number of amides is 3. The summed E-state index contributed by atoms with van der Waals surface area (Å²) in [5, 5.41) is 20.2. The van der Waals surface area contributed by atoms with Crippen LogP contribution in [-0.4, -0.2) is 63.8 Å². The van der Waals surface area contributed by atoms with E-state index in [2.05, 4.69) is 16.0 Å². The number of aliphatic carboxylic acids is 1. The zero-order valence-electron chi connectivity index (χ0n) is 29.7. The number of ether oxygens (including phenoxy) is 1. The highest BCUT2D eigenvalue weighted by Crippen LogP contribution is 2.29. The van der Waals surface area contributed by atoms with Crippen LogP contribution < -0.4 is 25.2 Å². The van der Waals surface area contributed by atoms with Crippen molar-refractivity contribution in [3.05, 3.63) is 144 Å². The lowest BCUT2D eigenvalue weighted by atomic mass is 9.96. The average molecular weight is 752 g/mol. The Balaban J connectivity index is 1.35. The van der Waals surface area contributed by atoms with Crippen LogP contribution in [0.2, 0.25) is 0 Å². The molecule has 6 N–H and O–H groups in total. The van der Waals surface area contributed by atoms with E-state index in [0.29, 0.717) is 5.56 Å². The predicted molar refractivity (Wildman–Crippen MR) is 205 cm³/mol. The predicted octanol–water partition coefficient (Wildman–Crippen LogP) is 4.81. The van der Waals surface area contributed by atoms with Crippen LogP contribution in [0.4, 0.5) is 0 Å². The summed E-state index contributed by atoms with van der Waals surface area (Å²) >= 11 is 0. The first-order valence-corrected chi connectivity index (χ1v) is 18.4. The van der Waals surface area contributed by atoms with Crippen molar-refractivity contribution in [1.82, 2.24) is 16.0 Å². The van der Waals surface area contributed by atoms with Gasteiger partial charge in [0, 0.05) is 19.3 Å². The molecule has 0 spiro atoms. The van der Waals surface area contributed by atoms with Gasteiger partial charge in [0.15, 0.2) is 0 Å². The maximum absolute atomic E-state index is 14.1. The first kappa shape index (κ1) is 39.4. The third kappa shape index (κ3) is 11.1. The topological polar surface area (TPSA) is 184 Å². The highest BCUT2D eigenvalue weighted by Gasteiger charge is 2.31. The van der Waals surface area contributed by atoms with E-state index in [0.717, 1.165) is 33.2 Å². The summed E-state index contributed by atoms with van der Waals surface area (Å²) in [6.45, 7) is 1.76. The van der Waals surface area contributed by atoms with Gasteiger partial charge in [0.05, 0.1) is 13.0 Å². The van der Waals surface area contributed by atoms with E-state index < -0.39 is 50.4 Å². The van der Waals surface area contributed by atoms with E-state index in [4.69, 9.17) is 19.0 Å². The number of carboxylic acid groups (broad SMARTS) is 1. The van der Waals surface area contributed by atoms with E-state index in [1.807, 2.05) is 72.8 Å². The normalized spacial score (nSPS) is 13.3. The van der Waals surface area contributed by atoms with Gasteiger partial charge in [0.25, 0.3) is 0 Å². The number of carboxylic acids is 1. The van der Waals surface area contributed by atoms with Crippen LogP contribution in [0.5, 0.6) is 11.5 Å². The molecular formula is C41H42N3O9P. The van der Waals surface area contributed by atoms with Gasteiger partial charge in [-0.15, -0.1) is 0 Å². The zero-order valence-corrected chi connectivity index (χ0v) is 30.6. The van der Waals surface area contributed by atoms with Crippen molar-refractivity contribution >= 4 is 43.1 Å². The summed E-state index contributed by atoms with van der Waals surface area (Å²) < 4.78 is 10.2. The summed E-state index contributed by atoms with van der Waals surface area (Å²) in [7, 11) is -1.02. The van der Waals surface area contributed by atoms with Gasteiger partial charge in [0.1, 0.15) is 29.6 Å². The Bertz CT molecular complexity index is 2050. The molecule has 13 heteroatoms. The smallest absolute Gasteiger partial charge is 0.391 e. The molecule has 0 aliphatic carbocycles. The maximum Gasteiger partial charge on any atom is 0.391 e. The van der Waals surface area contributed by atoms with Crippen LogP contribution in [0.15, 0.2) is 121 Å². The first-order chi connectivity index (χ1) is 26.0. The van der Waals surface area contributed by atoms with Crippen molar-refractivity contribution < 1.29 is 43.3 Å². The summed E-state index contributed by atoms with van der Waals surface area (Å²) in [6, 6.07) is 31.9. The Morgan fingerprint density at radius 1 is 0.593 bits per heavy atom. The number of methoxy groups -OCH3 is 1. The molecule has 12 nitrogen and oxygen atoms in total. The molecule has 5 aromatic rings. The van der Waals surface area contributed by atoms with Crippen LogP contribution in [-0.2, 0) is 38.4 Å². The maximum atomic E-state index is 14.1.